The zero-order valence-corrected chi connectivity index (χ0v) is 12.1. The topological polar surface area (TPSA) is 21.3 Å². The first-order valence-corrected chi connectivity index (χ1v) is 6.73. The third kappa shape index (κ3) is 3.36. The first-order valence-electron chi connectivity index (χ1n) is 6.73. The van der Waals surface area contributed by atoms with Crippen LogP contribution in [0.1, 0.15) is 22.7 Å². The van der Waals surface area contributed by atoms with Crippen LogP contribution in [0.2, 0.25) is 0 Å². The number of hydrogen-bond donors (Lipinski definition) is 1. The number of halogens is 1. The van der Waals surface area contributed by atoms with Crippen LogP contribution in [-0.4, -0.2) is 13.7 Å². The van der Waals surface area contributed by atoms with Gasteiger partial charge in [0.2, 0.25) is 0 Å². The van der Waals surface area contributed by atoms with E-state index in [9.17, 15) is 4.39 Å². The van der Waals surface area contributed by atoms with E-state index in [-0.39, 0.29) is 11.9 Å². The molecule has 2 aromatic rings. The molecule has 0 radical (unpaired) electrons. The van der Waals surface area contributed by atoms with E-state index in [1.807, 2.05) is 24.3 Å². The van der Waals surface area contributed by atoms with Gasteiger partial charge in [-0.2, -0.15) is 0 Å². The molecule has 0 saturated carbocycles. The second-order valence-corrected chi connectivity index (χ2v) is 4.92. The van der Waals surface area contributed by atoms with E-state index >= 15 is 0 Å². The van der Waals surface area contributed by atoms with Gasteiger partial charge in [-0.05, 0) is 50.2 Å². The maximum Gasteiger partial charge on any atom is 0.128 e. The normalized spacial score (nSPS) is 12.2. The van der Waals surface area contributed by atoms with Gasteiger partial charge < -0.3 is 10.1 Å². The lowest BCUT2D eigenvalue weighted by molar-refractivity contribution is 0.269. The van der Waals surface area contributed by atoms with Crippen LogP contribution < -0.4 is 10.1 Å². The summed E-state index contributed by atoms with van der Waals surface area (Å²) < 4.78 is 19.5. The Kier molecular flexibility index (Phi) is 4.74. The third-order valence-electron chi connectivity index (χ3n) is 3.52. The molecular formula is C17H20FNO. The molecule has 1 atom stereocenters. The fourth-order valence-electron chi connectivity index (χ4n) is 2.07. The second-order valence-electron chi connectivity index (χ2n) is 4.92. The summed E-state index contributed by atoms with van der Waals surface area (Å²) >= 11 is 0. The highest BCUT2D eigenvalue weighted by atomic mass is 19.1. The molecule has 0 heterocycles. The number of ether oxygens (including phenoxy) is 1. The Balaban J connectivity index is 2.08. The molecule has 2 aromatic carbocycles. The molecule has 1 N–H and O–H groups in total. The Labute approximate surface area is 119 Å². The van der Waals surface area contributed by atoms with Crippen molar-refractivity contribution in [3.05, 3.63) is 65.0 Å². The van der Waals surface area contributed by atoms with Crippen molar-refractivity contribution in [2.24, 2.45) is 0 Å². The summed E-state index contributed by atoms with van der Waals surface area (Å²) in [6.07, 6.45) is 0. The fourth-order valence-corrected chi connectivity index (χ4v) is 2.07. The van der Waals surface area contributed by atoms with Gasteiger partial charge in [-0.15, -0.1) is 0 Å². The predicted molar refractivity (Wildman–Crippen MR) is 79.6 cm³/mol. The predicted octanol–water partition coefficient (Wildman–Crippen LogP) is 3.78. The molecule has 0 fully saturated rings. The van der Waals surface area contributed by atoms with Gasteiger partial charge in [-0.25, -0.2) is 4.39 Å². The van der Waals surface area contributed by atoms with E-state index in [4.69, 9.17) is 4.74 Å². The van der Waals surface area contributed by atoms with Crippen molar-refractivity contribution in [3.63, 3.8) is 0 Å². The van der Waals surface area contributed by atoms with Crippen molar-refractivity contribution in [2.75, 3.05) is 13.7 Å². The molecule has 3 heteroatoms. The first kappa shape index (κ1) is 14.5. The quantitative estimate of drug-likeness (QED) is 0.895. The van der Waals surface area contributed by atoms with Crippen molar-refractivity contribution in [2.45, 2.75) is 19.9 Å². The maximum atomic E-state index is 13.8. The smallest absolute Gasteiger partial charge is 0.128 e. The van der Waals surface area contributed by atoms with Gasteiger partial charge in [0, 0.05) is 5.56 Å². The van der Waals surface area contributed by atoms with Gasteiger partial charge in [0.05, 0.1) is 6.04 Å². The molecule has 0 bridgehead atoms. The number of hydrogen-bond acceptors (Lipinski definition) is 2. The molecule has 0 aromatic heterocycles. The lowest BCUT2D eigenvalue weighted by atomic mass is 10.1. The fraction of sp³-hybridized carbons (Fsp3) is 0.294. The summed E-state index contributed by atoms with van der Waals surface area (Å²) in [6, 6.07) is 12.6. The number of likely N-dealkylation sites (N-methyl/N-ethyl adjacent to an activating group) is 1. The van der Waals surface area contributed by atoms with Gasteiger partial charge in [0.15, 0.2) is 0 Å². The van der Waals surface area contributed by atoms with E-state index in [0.717, 1.165) is 5.75 Å². The average molecular weight is 273 g/mol. The highest BCUT2D eigenvalue weighted by molar-refractivity contribution is 5.34. The second kappa shape index (κ2) is 6.53. The van der Waals surface area contributed by atoms with Crippen molar-refractivity contribution < 1.29 is 9.13 Å². The van der Waals surface area contributed by atoms with Crippen molar-refractivity contribution in [1.29, 1.82) is 0 Å². The lowest BCUT2D eigenvalue weighted by Gasteiger charge is -2.18. The number of benzene rings is 2. The molecule has 0 spiro atoms. The van der Waals surface area contributed by atoms with Gasteiger partial charge in [-0.3, -0.25) is 0 Å². The summed E-state index contributed by atoms with van der Waals surface area (Å²) in [7, 11) is 1.81. The summed E-state index contributed by atoms with van der Waals surface area (Å²) in [5, 5.41) is 3.09. The SMILES string of the molecule is CNC(COc1ccc(C)c(C)c1)c1ccccc1F. The molecule has 106 valence electrons. The molecule has 20 heavy (non-hydrogen) atoms. The van der Waals surface area contributed by atoms with E-state index in [0.29, 0.717) is 12.2 Å². The van der Waals surface area contributed by atoms with E-state index < -0.39 is 0 Å². The molecule has 2 nitrogen and oxygen atoms in total. The summed E-state index contributed by atoms with van der Waals surface area (Å²) in [4.78, 5) is 0. The van der Waals surface area contributed by atoms with Crippen LogP contribution in [0.5, 0.6) is 5.75 Å². The minimum Gasteiger partial charge on any atom is -0.492 e. The third-order valence-corrected chi connectivity index (χ3v) is 3.52. The van der Waals surface area contributed by atoms with Crippen molar-refractivity contribution in [1.82, 2.24) is 5.32 Å². The van der Waals surface area contributed by atoms with Crippen LogP contribution in [0.25, 0.3) is 0 Å². The maximum absolute atomic E-state index is 13.8. The Morgan fingerprint density at radius 3 is 2.50 bits per heavy atom. The Morgan fingerprint density at radius 2 is 1.85 bits per heavy atom. The van der Waals surface area contributed by atoms with Crippen molar-refractivity contribution in [3.8, 4) is 5.75 Å². The Morgan fingerprint density at radius 1 is 1.10 bits per heavy atom. The lowest BCUT2D eigenvalue weighted by Crippen LogP contribution is -2.24. The minimum atomic E-state index is -0.212. The van der Waals surface area contributed by atoms with E-state index in [1.165, 1.54) is 17.2 Å². The van der Waals surface area contributed by atoms with Crippen LogP contribution in [-0.2, 0) is 0 Å². The van der Waals surface area contributed by atoms with E-state index in [1.54, 1.807) is 19.2 Å². The first-order chi connectivity index (χ1) is 9.61. The van der Waals surface area contributed by atoms with Crippen molar-refractivity contribution >= 4 is 0 Å². The minimum absolute atomic E-state index is 0.169. The zero-order valence-electron chi connectivity index (χ0n) is 12.1. The van der Waals surface area contributed by atoms with Crippen LogP contribution >= 0.6 is 0 Å². The Hall–Kier alpha value is -1.87. The van der Waals surface area contributed by atoms with Crippen LogP contribution in [0, 0.1) is 19.7 Å². The monoisotopic (exact) mass is 273 g/mol. The van der Waals surface area contributed by atoms with Crippen LogP contribution in [0.4, 0.5) is 4.39 Å². The summed E-state index contributed by atoms with van der Waals surface area (Å²) in [5.74, 6) is 0.597. The number of rotatable bonds is 5. The molecule has 2 rings (SSSR count). The number of aryl methyl sites for hydroxylation is 2. The molecular weight excluding hydrogens is 253 g/mol. The molecule has 0 aliphatic carbocycles. The van der Waals surface area contributed by atoms with Gasteiger partial charge in [0.25, 0.3) is 0 Å². The largest absolute Gasteiger partial charge is 0.492 e. The zero-order chi connectivity index (χ0) is 14.5. The highest BCUT2D eigenvalue weighted by Gasteiger charge is 2.14. The van der Waals surface area contributed by atoms with E-state index in [2.05, 4.69) is 19.2 Å². The van der Waals surface area contributed by atoms with Crippen LogP contribution in [0.3, 0.4) is 0 Å². The highest BCUT2D eigenvalue weighted by Crippen LogP contribution is 2.20. The molecule has 0 amide bonds. The molecule has 0 aliphatic rings. The molecule has 0 saturated heterocycles. The van der Waals surface area contributed by atoms with Crippen LogP contribution in [0.15, 0.2) is 42.5 Å². The molecule has 0 aliphatic heterocycles. The number of nitrogens with one attached hydrogen (secondary N) is 1. The standard InChI is InChI=1S/C17H20FNO/c1-12-8-9-14(10-13(12)2)20-11-17(19-3)15-6-4-5-7-16(15)18/h4-10,17,19H,11H2,1-3H3. The van der Waals surface area contributed by atoms with Gasteiger partial charge in [0.1, 0.15) is 18.2 Å². The van der Waals surface area contributed by atoms with Gasteiger partial charge in [-0.1, -0.05) is 24.3 Å². The molecule has 1 unspecified atom stereocenters. The van der Waals surface area contributed by atoms with Gasteiger partial charge >= 0.3 is 0 Å². The summed E-state index contributed by atoms with van der Waals surface area (Å²) in [6.45, 7) is 4.50. The average Bonchev–Trinajstić information content (AvgIpc) is 2.45. The summed E-state index contributed by atoms with van der Waals surface area (Å²) in [5.41, 5.74) is 3.05. The Bertz CT molecular complexity index is 583.